The molecule has 44 heavy (non-hydrogen) atoms. The van der Waals surface area contributed by atoms with E-state index in [1.807, 2.05) is 0 Å². The number of Topliss-reactive ketones (excluding diaryl/α,β-unsaturated/α-hetero) is 2. The SMILES string of the molecule is CC(=O)c1cc(-c2cccnc2[C@@H](CC(=O)Cn2nc(C(F)F)c3c2C(F)(F)CCC3)Cc2cc(F)cc(F)c2)ccc1F. The van der Waals surface area contributed by atoms with Crippen molar-refractivity contribution in [1.82, 2.24) is 14.8 Å². The van der Waals surface area contributed by atoms with Crippen molar-refractivity contribution in [3.8, 4) is 11.1 Å². The number of carbonyl (C=O) groups excluding carboxylic acids is 2. The number of hydrogen-bond donors (Lipinski definition) is 0. The normalized spacial score (nSPS) is 14.8. The van der Waals surface area contributed by atoms with Crippen LogP contribution in [0.5, 0.6) is 0 Å². The van der Waals surface area contributed by atoms with Gasteiger partial charge in [0.25, 0.3) is 12.3 Å². The molecule has 0 saturated carbocycles. The van der Waals surface area contributed by atoms with Gasteiger partial charge in [0.1, 0.15) is 35.4 Å². The largest absolute Gasteiger partial charge is 0.298 e. The van der Waals surface area contributed by atoms with Crippen LogP contribution in [0.25, 0.3) is 11.1 Å². The van der Waals surface area contributed by atoms with Crippen LogP contribution in [0.15, 0.2) is 54.7 Å². The Labute approximate surface area is 247 Å². The third-order valence-corrected chi connectivity index (χ3v) is 7.64. The molecule has 2 aromatic carbocycles. The molecule has 0 fully saturated rings. The highest BCUT2D eigenvalue weighted by atomic mass is 19.3. The number of hydrogen-bond acceptors (Lipinski definition) is 4. The van der Waals surface area contributed by atoms with Crippen LogP contribution in [0.3, 0.4) is 0 Å². The molecule has 0 amide bonds. The Hall–Kier alpha value is -4.35. The van der Waals surface area contributed by atoms with E-state index in [-0.39, 0.29) is 41.6 Å². The highest BCUT2D eigenvalue weighted by Crippen LogP contribution is 2.43. The van der Waals surface area contributed by atoms with Gasteiger partial charge in [-0.25, -0.2) is 22.0 Å². The molecule has 5 rings (SSSR count). The average Bonchev–Trinajstić information content (AvgIpc) is 3.32. The lowest BCUT2D eigenvalue weighted by atomic mass is 9.86. The van der Waals surface area contributed by atoms with Crippen LogP contribution >= 0.6 is 0 Å². The maximum Gasteiger partial charge on any atom is 0.289 e. The summed E-state index contributed by atoms with van der Waals surface area (Å²) in [7, 11) is 0. The minimum Gasteiger partial charge on any atom is -0.298 e. The number of rotatable bonds is 10. The van der Waals surface area contributed by atoms with Crippen LogP contribution < -0.4 is 0 Å². The van der Waals surface area contributed by atoms with Gasteiger partial charge in [-0.05, 0) is 67.6 Å². The third-order valence-electron chi connectivity index (χ3n) is 7.64. The van der Waals surface area contributed by atoms with Gasteiger partial charge in [0.15, 0.2) is 11.6 Å². The van der Waals surface area contributed by atoms with Crippen LogP contribution in [0, 0.1) is 17.5 Å². The quantitative estimate of drug-likeness (QED) is 0.134. The fourth-order valence-electron chi connectivity index (χ4n) is 5.80. The molecule has 0 aliphatic heterocycles. The van der Waals surface area contributed by atoms with Gasteiger partial charge >= 0.3 is 0 Å². The monoisotopic (exact) mass is 617 g/mol. The summed E-state index contributed by atoms with van der Waals surface area (Å²) in [6, 6.07) is 9.85. The molecule has 1 atom stereocenters. The van der Waals surface area contributed by atoms with Crippen molar-refractivity contribution in [2.24, 2.45) is 0 Å². The zero-order chi connectivity index (χ0) is 31.8. The Morgan fingerprint density at radius 1 is 1.00 bits per heavy atom. The molecule has 2 heterocycles. The Balaban J connectivity index is 1.54. The molecule has 0 radical (unpaired) electrons. The van der Waals surface area contributed by atoms with Gasteiger partial charge in [0.2, 0.25) is 0 Å². The number of aromatic nitrogens is 3. The molecule has 1 aliphatic carbocycles. The van der Waals surface area contributed by atoms with E-state index in [0.717, 1.165) is 18.2 Å². The summed E-state index contributed by atoms with van der Waals surface area (Å²) >= 11 is 0. The van der Waals surface area contributed by atoms with Crippen molar-refractivity contribution in [3.05, 3.63) is 106 Å². The number of nitrogens with zero attached hydrogens (tertiary/aromatic N) is 3. The number of ketones is 2. The molecule has 5 nitrogen and oxygen atoms in total. The summed E-state index contributed by atoms with van der Waals surface area (Å²) in [5.74, 6) is -8.01. The fraction of sp³-hybridized carbons (Fsp3) is 0.312. The summed E-state index contributed by atoms with van der Waals surface area (Å²) in [5, 5.41) is 3.70. The fourth-order valence-corrected chi connectivity index (χ4v) is 5.80. The summed E-state index contributed by atoms with van der Waals surface area (Å²) < 4.78 is 100. The highest BCUT2D eigenvalue weighted by molar-refractivity contribution is 5.95. The van der Waals surface area contributed by atoms with Gasteiger partial charge in [0.05, 0.1) is 11.3 Å². The van der Waals surface area contributed by atoms with Crippen molar-refractivity contribution in [2.75, 3.05) is 0 Å². The van der Waals surface area contributed by atoms with Crippen LogP contribution in [0.1, 0.15) is 77.1 Å². The smallest absolute Gasteiger partial charge is 0.289 e. The number of pyridine rings is 1. The molecule has 0 saturated heterocycles. The van der Waals surface area contributed by atoms with Crippen molar-refractivity contribution in [1.29, 1.82) is 0 Å². The molecule has 0 N–H and O–H groups in total. The molecule has 1 aliphatic rings. The lowest BCUT2D eigenvalue weighted by Crippen LogP contribution is -2.27. The van der Waals surface area contributed by atoms with E-state index in [1.165, 1.54) is 25.3 Å². The van der Waals surface area contributed by atoms with Crippen molar-refractivity contribution < 1.29 is 40.3 Å². The predicted octanol–water partition coefficient (Wildman–Crippen LogP) is 7.92. The lowest BCUT2D eigenvalue weighted by Gasteiger charge is -2.24. The first kappa shape index (κ1) is 31.1. The maximum absolute atomic E-state index is 14.9. The number of fused-ring (bicyclic) bond motifs is 1. The zero-order valence-corrected chi connectivity index (χ0v) is 23.4. The first-order chi connectivity index (χ1) is 20.8. The Morgan fingerprint density at radius 3 is 2.41 bits per heavy atom. The molecule has 230 valence electrons. The second kappa shape index (κ2) is 12.3. The Bertz CT molecular complexity index is 1710. The van der Waals surface area contributed by atoms with E-state index >= 15 is 0 Å². The van der Waals surface area contributed by atoms with E-state index in [2.05, 4.69) is 10.1 Å². The zero-order valence-electron chi connectivity index (χ0n) is 23.4. The molecule has 12 heteroatoms. The summed E-state index contributed by atoms with van der Waals surface area (Å²) in [6.07, 6.45) is -2.83. The standard InChI is InChI=1S/C32H26F7N3O2/c1-17(43)26-14-19(6-7-27(26)35)24-5-3-9-40-28(24)20(10-18-11-21(33)15-22(34)12-18)13-23(44)16-42-30-25(29(41-42)31(36)37)4-2-8-32(30,38)39/h3,5-7,9,11-12,14-15,20,31H,2,4,8,10,13,16H2,1H3/t20-/m1/s1. The number of benzene rings is 2. The summed E-state index contributed by atoms with van der Waals surface area (Å²) in [5.41, 5.74) is -0.744. The minimum atomic E-state index is -3.46. The summed E-state index contributed by atoms with van der Waals surface area (Å²) in [6.45, 7) is 0.454. The van der Waals surface area contributed by atoms with E-state index < -0.39 is 78.1 Å². The van der Waals surface area contributed by atoms with Crippen molar-refractivity contribution in [3.63, 3.8) is 0 Å². The van der Waals surface area contributed by atoms with E-state index in [4.69, 9.17) is 0 Å². The molecule has 0 unspecified atom stereocenters. The molecule has 0 spiro atoms. The molecule has 2 aromatic heterocycles. The molecular weight excluding hydrogens is 591 g/mol. The van der Waals surface area contributed by atoms with E-state index in [1.54, 1.807) is 12.1 Å². The average molecular weight is 618 g/mol. The van der Waals surface area contributed by atoms with Gasteiger partial charge in [-0.3, -0.25) is 19.3 Å². The van der Waals surface area contributed by atoms with Crippen molar-refractivity contribution in [2.45, 2.75) is 63.8 Å². The van der Waals surface area contributed by atoms with E-state index in [9.17, 15) is 40.3 Å². The first-order valence-electron chi connectivity index (χ1n) is 13.8. The van der Waals surface area contributed by atoms with Gasteiger partial charge in [-0.2, -0.15) is 13.9 Å². The highest BCUT2D eigenvalue weighted by Gasteiger charge is 2.43. The van der Waals surface area contributed by atoms with Crippen molar-refractivity contribution >= 4 is 11.6 Å². The third kappa shape index (κ3) is 6.44. The van der Waals surface area contributed by atoms with Crippen LogP contribution in [0.4, 0.5) is 30.7 Å². The second-order valence-electron chi connectivity index (χ2n) is 10.8. The van der Waals surface area contributed by atoms with Gasteiger partial charge in [-0.15, -0.1) is 0 Å². The van der Waals surface area contributed by atoms with Gasteiger partial charge in [-0.1, -0.05) is 12.1 Å². The number of carbonyl (C=O) groups is 2. The first-order valence-corrected chi connectivity index (χ1v) is 13.8. The minimum absolute atomic E-state index is 0.0111. The van der Waals surface area contributed by atoms with Gasteiger partial charge in [0, 0.05) is 42.1 Å². The molecular formula is C32H26F7N3O2. The number of halogens is 7. The van der Waals surface area contributed by atoms with Crippen LogP contribution in [-0.2, 0) is 30.1 Å². The Morgan fingerprint density at radius 2 is 1.73 bits per heavy atom. The molecule has 4 aromatic rings. The topological polar surface area (TPSA) is 64.8 Å². The maximum atomic E-state index is 14.9. The second-order valence-corrected chi connectivity index (χ2v) is 10.8. The summed E-state index contributed by atoms with van der Waals surface area (Å²) in [4.78, 5) is 29.9. The number of alkyl halides is 4. The van der Waals surface area contributed by atoms with Crippen LogP contribution in [-0.4, -0.2) is 26.3 Å². The predicted molar refractivity (Wildman–Crippen MR) is 146 cm³/mol. The van der Waals surface area contributed by atoms with E-state index in [0.29, 0.717) is 21.9 Å². The molecule has 0 bridgehead atoms. The van der Waals surface area contributed by atoms with Crippen LogP contribution in [0.2, 0.25) is 0 Å². The van der Waals surface area contributed by atoms with Gasteiger partial charge < -0.3 is 0 Å². The Kier molecular flexibility index (Phi) is 8.71. The lowest BCUT2D eigenvalue weighted by molar-refractivity contribution is -0.120.